The Hall–Kier alpha value is -2.69. The van der Waals surface area contributed by atoms with Gasteiger partial charge in [-0.05, 0) is 42.8 Å². The number of nitrogens with one attached hydrogen (secondary N) is 2. The molecule has 0 atom stereocenters. The Kier molecular flexibility index (Phi) is 3.64. The van der Waals surface area contributed by atoms with E-state index in [2.05, 4.69) is 20.5 Å². The van der Waals surface area contributed by atoms with Gasteiger partial charge in [-0.2, -0.15) is 5.10 Å². The molecule has 3 aromatic rings. The van der Waals surface area contributed by atoms with Crippen LogP contribution in [0.25, 0.3) is 11.3 Å². The van der Waals surface area contributed by atoms with Gasteiger partial charge in [0, 0.05) is 35.8 Å². The number of pyridine rings is 1. The summed E-state index contributed by atoms with van der Waals surface area (Å²) in [6, 6.07) is 8.74. The maximum atomic E-state index is 13.4. The van der Waals surface area contributed by atoms with Crippen molar-refractivity contribution in [3.05, 3.63) is 65.9 Å². The molecule has 0 saturated carbocycles. The third kappa shape index (κ3) is 3.08. The maximum Gasteiger partial charge on any atom is 0.125 e. The van der Waals surface area contributed by atoms with Crippen LogP contribution < -0.4 is 5.32 Å². The number of benzene rings is 1. The lowest BCUT2D eigenvalue weighted by molar-refractivity contribution is 0.627. The largest absolute Gasteiger partial charge is 0.381 e. The quantitative estimate of drug-likeness (QED) is 0.769. The number of aromatic nitrogens is 3. The van der Waals surface area contributed by atoms with Crippen LogP contribution in [-0.2, 0) is 6.54 Å². The number of hydrogen-bond donors (Lipinski definition) is 2. The minimum Gasteiger partial charge on any atom is -0.381 e. The number of nitrogens with zero attached hydrogens (tertiary/aromatic N) is 2. The molecule has 1 aromatic carbocycles. The summed E-state index contributed by atoms with van der Waals surface area (Å²) < 4.78 is 13.4. The molecule has 0 aliphatic rings. The highest BCUT2D eigenvalue weighted by Gasteiger charge is 2.08. The second-order valence-corrected chi connectivity index (χ2v) is 4.88. The molecule has 0 radical (unpaired) electrons. The molecule has 0 aliphatic heterocycles. The van der Waals surface area contributed by atoms with Gasteiger partial charge in [-0.3, -0.25) is 10.1 Å². The molecular weight excluding hydrogens is 267 g/mol. The lowest BCUT2D eigenvalue weighted by Gasteiger charge is -2.08. The number of halogens is 1. The minimum absolute atomic E-state index is 0.239. The topological polar surface area (TPSA) is 53.6 Å². The Morgan fingerprint density at radius 2 is 2.14 bits per heavy atom. The van der Waals surface area contributed by atoms with Gasteiger partial charge in [0.25, 0.3) is 0 Å². The van der Waals surface area contributed by atoms with E-state index in [1.54, 1.807) is 18.6 Å². The van der Waals surface area contributed by atoms with Crippen LogP contribution in [0.4, 0.5) is 10.1 Å². The molecule has 0 amide bonds. The van der Waals surface area contributed by atoms with Crippen molar-refractivity contribution in [2.75, 3.05) is 5.32 Å². The van der Waals surface area contributed by atoms with E-state index in [0.717, 1.165) is 28.1 Å². The van der Waals surface area contributed by atoms with Crippen LogP contribution in [0, 0.1) is 12.7 Å². The predicted molar refractivity (Wildman–Crippen MR) is 80.3 cm³/mol. The van der Waals surface area contributed by atoms with Gasteiger partial charge in [0.15, 0.2) is 0 Å². The van der Waals surface area contributed by atoms with Crippen LogP contribution >= 0.6 is 0 Å². The summed E-state index contributed by atoms with van der Waals surface area (Å²) in [5.41, 5.74) is 4.54. The molecule has 0 fully saturated rings. The van der Waals surface area contributed by atoms with Crippen molar-refractivity contribution in [3.8, 4) is 11.3 Å². The summed E-state index contributed by atoms with van der Waals surface area (Å²) in [4.78, 5) is 4.11. The number of aryl methyl sites for hydroxylation is 1. The zero-order valence-corrected chi connectivity index (χ0v) is 11.6. The lowest BCUT2D eigenvalue weighted by Crippen LogP contribution is -2.00. The van der Waals surface area contributed by atoms with Gasteiger partial charge >= 0.3 is 0 Å². The lowest BCUT2D eigenvalue weighted by atomic mass is 10.1. The van der Waals surface area contributed by atoms with Crippen molar-refractivity contribution in [1.29, 1.82) is 0 Å². The zero-order valence-electron chi connectivity index (χ0n) is 11.6. The summed E-state index contributed by atoms with van der Waals surface area (Å²) in [5.74, 6) is -0.239. The van der Waals surface area contributed by atoms with E-state index in [4.69, 9.17) is 0 Å². The first kappa shape index (κ1) is 13.3. The molecule has 4 nitrogen and oxygen atoms in total. The summed E-state index contributed by atoms with van der Waals surface area (Å²) in [6.45, 7) is 2.43. The highest BCUT2D eigenvalue weighted by atomic mass is 19.1. The summed E-state index contributed by atoms with van der Waals surface area (Å²) in [5, 5.41) is 10.3. The molecule has 3 rings (SSSR count). The van der Waals surface area contributed by atoms with Gasteiger partial charge < -0.3 is 5.32 Å². The van der Waals surface area contributed by atoms with Crippen LogP contribution in [0.3, 0.4) is 0 Å². The smallest absolute Gasteiger partial charge is 0.125 e. The Bertz CT molecular complexity index is 717. The molecule has 2 heterocycles. The Labute approximate surface area is 122 Å². The number of H-pyrrole nitrogens is 1. The normalized spacial score (nSPS) is 10.6. The van der Waals surface area contributed by atoms with E-state index in [9.17, 15) is 4.39 Å². The maximum absolute atomic E-state index is 13.4. The van der Waals surface area contributed by atoms with Gasteiger partial charge in [0.2, 0.25) is 0 Å². The van der Waals surface area contributed by atoms with E-state index in [-0.39, 0.29) is 5.82 Å². The summed E-state index contributed by atoms with van der Waals surface area (Å²) >= 11 is 0. The third-order valence-electron chi connectivity index (χ3n) is 3.19. The van der Waals surface area contributed by atoms with Gasteiger partial charge in [0.05, 0.1) is 11.9 Å². The van der Waals surface area contributed by atoms with Crippen molar-refractivity contribution < 1.29 is 4.39 Å². The molecule has 2 N–H and O–H groups in total. The Balaban J connectivity index is 1.79. The van der Waals surface area contributed by atoms with E-state index in [1.807, 2.05) is 25.1 Å². The standard InChI is InChI=1S/C16H15FN4/c1-11-5-14(17)7-15(6-11)19-9-13-10-20-21-16(13)12-3-2-4-18-8-12/h2-8,10,19H,9H2,1H3,(H,20,21). The average molecular weight is 282 g/mol. The monoisotopic (exact) mass is 282 g/mol. The van der Waals surface area contributed by atoms with Crippen molar-refractivity contribution in [2.45, 2.75) is 13.5 Å². The van der Waals surface area contributed by atoms with Gasteiger partial charge in [-0.25, -0.2) is 4.39 Å². The second kappa shape index (κ2) is 5.75. The number of anilines is 1. The Morgan fingerprint density at radius 3 is 2.90 bits per heavy atom. The van der Waals surface area contributed by atoms with Crippen LogP contribution in [0.5, 0.6) is 0 Å². The van der Waals surface area contributed by atoms with Crippen LogP contribution in [0.15, 0.2) is 48.9 Å². The molecule has 21 heavy (non-hydrogen) atoms. The molecule has 0 spiro atoms. The van der Waals surface area contributed by atoms with Crippen LogP contribution in [0.1, 0.15) is 11.1 Å². The molecule has 0 unspecified atom stereocenters. The number of aromatic amines is 1. The molecule has 0 aliphatic carbocycles. The summed E-state index contributed by atoms with van der Waals surface area (Å²) in [7, 11) is 0. The molecule has 5 heteroatoms. The van der Waals surface area contributed by atoms with Gasteiger partial charge in [0.1, 0.15) is 5.82 Å². The molecular formula is C16H15FN4. The van der Waals surface area contributed by atoms with Crippen molar-refractivity contribution in [1.82, 2.24) is 15.2 Å². The van der Waals surface area contributed by atoms with Gasteiger partial charge in [-0.1, -0.05) is 0 Å². The fourth-order valence-corrected chi connectivity index (χ4v) is 2.24. The number of rotatable bonds is 4. The van der Waals surface area contributed by atoms with Crippen molar-refractivity contribution in [2.24, 2.45) is 0 Å². The van der Waals surface area contributed by atoms with E-state index < -0.39 is 0 Å². The second-order valence-electron chi connectivity index (χ2n) is 4.88. The molecule has 0 saturated heterocycles. The highest BCUT2D eigenvalue weighted by molar-refractivity contribution is 5.62. The highest BCUT2D eigenvalue weighted by Crippen LogP contribution is 2.21. The van der Waals surface area contributed by atoms with Crippen molar-refractivity contribution in [3.63, 3.8) is 0 Å². The van der Waals surface area contributed by atoms with Crippen LogP contribution in [0.2, 0.25) is 0 Å². The first-order valence-electron chi connectivity index (χ1n) is 6.66. The van der Waals surface area contributed by atoms with E-state index in [1.165, 1.54) is 12.1 Å². The summed E-state index contributed by atoms with van der Waals surface area (Å²) in [6.07, 6.45) is 5.28. The predicted octanol–water partition coefficient (Wildman–Crippen LogP) is 3.53. The van der Waals surface area contributed by atoms with E-state index >= 15 is 0 Å². The molecule has 106 valence electrons. The fourth-order valence-electron chi connectivity index (χ4n) is 2.24. The van der Waals surface area contributed by atoms with Crippen LogP contribution in [-0.4, -0.2) is 15.2 Å². The third-order valence-corrected chi connectivity index (χ3v) is 3.19. The number of hydrogen-bond acceptors (Lipinski definition) is 3. The first-order chi connectivity index (χ1) is 10.2. The molecule has 2 aromatic heterocycles. The fraction of sp³-hybridized carbons (Fsp3) is 0.125. The van der Waals surface area contributed by atoms with E-state index in [0.29, 0.717) is 6.54 Å². The molecule has 0 bridgehead atoms. The SMILES string of the molecule is Cc1cc(F)cc(NCc2cn[nH]c2-c2cccnc2)c1. The Morgan fingerprint density at radius 1 is 1.24 bits per heavy atom. The minimum atomic E-state index is -0.239. The van der Waals surface area contributed by atoms with Gasteiger partial charge in [-0.15, -0.1) is 0 Å². The van der Waals surface area contributed by atoms with Crippen molar-refractivity contribution >= 4 is 5.69 Å². The average Bonchev–Trinajstić information content (AvgIpc) is 2.93. The zero-order chi connectivity index (χ0) is 14.7. The first-order valence-corrected chi connectivity index (χ1v) is 6.66.